The molecule has 0 saturated heterocycles. The second-order valence-electron chi connectivity index (χ2n) is 6.77. The van der Waals surface area contributed by atoms with Crippen molar-refractivity contribution in [2.24, 2.45) is 0 Å². The second-order valence-corrected chi connectivity index (χ2v) is 7.67. The fourth-order valence-corrected chi connectivity index (χ4v) is 3.39. The number of benzene rings is 1. The van der Waals surface area contributed by atoms with Crippen LogP contribution < -0.4 is 10.1 Å². The van der Waals surface area contributed by atoms with E-state index in [1.807, 2.05) is 37.4 Å². The van der Waals surface area contributed by atoms with Gasteiger partial charge in [-0.3, -0.25) is 4.79 Å². The van der Waals surface area contributed by atoms with Crippen molar-refractivity contribution >= 4 is 17.2 Å². The molecule has 116 valence electrons. The molecular formula is C17H20N2O2S. The van der Waals surface area contributed by atoms with Crippen LogP contribution in [0.1, 0.15) is 48.6 Å². The van der Waals surface area contributed by atoms with Crippen LogP contribution in [0.3, 0.4) is 0 Å². The molecule has 2 aromatic rings. The summed E-state index contributed by atoms with van der Waals surface area (Å²) in [5.74, 6) is 0.578. The summed E-state index contributed by atoms with van der Waals surface area (Å²) in [6.07, 6.45) is 1.75. The molecule has 1 amide bonds. The number of nitrogens with one attached hydrogen (secondary N) is 1. The van der Waals surface area contributed by atoms with Crippen molar-refractivity contribution in [2.45, 2.75) is 38.6 Å². The van der Waals surface area contributed by atoms with Crippen LogP contribution >= 0.6 is 11.3 Å². The summed E-state index contributed by atoms with van der Waals surface area (Å²) in [7, 11) is 0. The van der Waals surface area contributed by atoms with E-state index < -0.39 is 5.54 Å². The Balaban J connectivity index is 1.90. The minimum atomic E-state index is -0.512. The van der Waals surface area contributed by atoms with Crippen molar-refractivity contribution in [3.05, 3.63) is 45.9 Å². The molecular weight excluding hydrogens is 296 g/mol. The van der Waals surface area contributed by atoms with Gasteiger partial charge in [-0.15, -0.1) is 11.3 Å². The lowest BCUT2D eigenvalue weighted by molar-refractivity contribution is 0.0908. The second kappa shape index (κ2) is 5.09. The molecule has 22 heavy (non-hydrogen) atoms. The quantitative estimate of drug-likeness (QED) is 0.943. The van der Waals surface area contributed by atoms with E-state index in [1.54, 1.807) is 6.20 Å². The first kappa shape index (κ1) is 15.0. The Kier molecular flexibility index (Phi) is 3.48. The number of rotatable bonds is 3. The molecule has 1 N–H and O–H groups in total. The van der Waals surface area contributed by atoms with Crippen molar-refractivity contribution in [1.29, 1.82) is 0 Å². The molecule has 1 aromatic heterocycles. The van der Waals surface area contributed by atoms with E-state index in [2.05, 4.69) is 24.1 Å². The molecule has 3 rings (SSSR count). The predicted molar refractivity (Wildman–Crippen MR) is 87.6 cm³/mol. The molecule has 0 spiro atoms. The number of nitrogens with zero attached hydrogens (tertiary/aromatic N) is 1. The van der Waals surface area contributed by atoms with E-state index >= 15 is 0 Å². The number of fused-ring (bicyclic) bond motifs is 1. The van der Waals surface area contributed by atoms with Crippen LogP contribution in [0.15, 0.2) is 29.8 Å². The number of hydrogen-bond donors (Lipinski definition) is 1. The highest BCUT2D eigenvalue weighted by atomic mass is 32.1. The molecule has 0 unspecified atom stereocenters. The molecule has 1 aromatic carbocycles. The molecule has 0 fully saturated rings. The number of para-hydroxylation sites is 1. The Bertz CT molecular complexity index is 705. The van der Waals surface area contributed by atoms with Gasteiger partial charge in [-0.2, -0.15) is 0 Å². The standard InChI is InChI=1S/C17H20N2O2S/c1-16(2)10-21-13-11(6-5-7-12(13)16)14(20)19-17(3,4)15-18-8-9-22-15/h5-9H,10H2,1-4H3,(H,19,20). The van der Waals surface area contributed by atoms with Gasteiger partial charge < -0.3 is 10.1 Å². The average molecular weight is 316 g/mol. The zero-order chi connectivity index (χ0) is 16.0. The minimum Gasteiger partial charge on any atom is -0.492 e. The fraction of sp³-hybridized carbons (Fsp3) is 0.412. The minimum absolute atomic E-state index is 0.0591. The largest absolute Gasteiger partial charge is 0.492 e. The lowest BCUT2D eigenvalue weighted by Gasteiger charge is -2.24. The van der Waals surface area contributed by atoms with Gasteiger partial charge in [-0.1, -0.05) is 26.0 Å². The fourth-order valence-electron chi connectivity index (χ4n) is 2.67. The molecule has 4 nitrogen and oxygen atoms in total. The maximum absolute atomic E-state index is 12.7. The first-order chi connectivity index (χ1) is 10.3. The highest BCUT2D eigenvalue weighted by Crippen LogP contribution is 2.40. The van der Waals surface area contributed by atoms with Gasteiger partial charge in [0.05, 0.1) is 17.7 Å². The molecule has 1 aliphatic rings. The predicted octanol–water partition coefficient (Wildman–Crippen LogP) is 3.48. The van der Waals surface area contributed by atoms with Gasteiger partial charge in [0.15, 0.2) is 0 Å². The summed E-state index contributed by atoms with van der Waals surface area (Å²) in [5, 5.41) is 5.86. The van der Waals surface area contributed by atoms with Gasteiger partial charge in [-0.05, 0) is 19.9 Å². The number of carbonyl (C=O) groups excluding carboxylic acids is 1. The van der Waals surface area contributed by atoms with E-state index in [0.29, 0.717) is 17.9 Å². The molecule has 0 radical (unpaired) electrons. The molecule has 0 saturated carbocycles. The first-order valence-electron chi connectivity index (χ1n) is 7.30. The smallest absolute Gasteiger partial charge is 0.255 e. The Labute approximate surface area is 134 Å². The maximum atomic E-state index is 12.7. The molecule has 2 heterocycles. The number of hydrogen-bond acceptors (Lipinski definition) is 4. The summed E-state index contributed by atoms with van der Waals surface area (Å²) < 4.78 is 5.80. The lowest BCUT2D eigenvalue weighted by Crippen LogP contribution is -2.41. The zero-order valence-electron chi connectivity index (χ0n) is 13.3. The van der Waals surface area contributed by atoms with Crippen LogP contribution in [0.4, 0.5) is 0 Å². The van der Waals surface area contributed by atoms with Crippen molar-refractivity contribution in [3.8, 4) is 5.75 Å². The SMILES string of the molecule is CC1(C)COc2c(C(=O)NC(C)(C)c3nccs3)cccc21. The highest BCUT2D eigenvalue weighted by Gasteiger charge is 2.35. The van der Waals surface area contributed by atoms with Crippen molar-refractivity contribution < 1.29 is 9.53 Å². The van der Waals surface area contributed by atoms with Gasteiger partial charge in [0.1, 0.15) is 10.8 Å². The average Bonchev–Trinajstić information content (AvgIpc) is 3.07. The lowest BCUT2D eigenvalue weighted by atomic mass is 9.86. The highest BCUT2D eigenvalue weighted by molar-refractivity contribution is 7.09. The summed E-state index contributed by atoms with van der Waals surface area (Å²) in [4.78, 5) is 17.0. The van der Waals surface area contributed by atoms with Gasteiger partial charge in [0.25, 0.3) is 5.91 Å². The third kappa shape index (κ3) is 2.50. The first-order valence-corrected chi connectivity index (χ1v) is 8.18. The number of carbonyl (C=O) groups is 1. The number of aromatic nitrogens is 1. The summed E-state index contributed by atoms with van der Waals surface area (Å²) >= 11 is 1.54. The summed E-state index contributed by atoms with van der Waals surface area (Å²) in [6, 6.07) is 5.76. The van der Waals surface area contributed by atoms with Gasteiger partial charge >= 0.3 is 0 Å². The molecule has 5 heteroatoms. The molecule has 0 bridgehead atoms. The monoisotopic (exact) mass is 316 g/mol. The van der Waals surface area contributed by atoms with Crippen molar-refractivity contribution in [2.75, 3.05) is 6.61 Å². The third-order valence-electron chi connectivity index (χ3n) is 3.96. The van der Waals surface area contributed by atoms with E-state index in [0.717, 1.165) is 10.6 Å². The van der Waals surface area contributed by atoms with Crippen LogP contribution in [0.25, 0.3) is 0 Å². The topological polar surface area (TPSA) is 51.2 Å². The Morgan fingerprint density at radius 2 is 2.18 bits per heavy atom. The Morgan fingerprint density at radius 3 is 2.86 bits per heavy atom. The Morgan fingerprint density at radius 1 is 1.41 bits per heavy atom. The number of thiazole rings is 1. The van der Waals surface area contributed by atoms with E-state index in [9.17, 15) is 4.79 Å². The van der Waals surface area contributed by atoms with Gasteiger partial charge in [-0.25, -0.2) is 4.98 Å². The van der Waals surface area contributed by atoms with Gasteiger partial charge in [0, 0.05) is 22.6 Å². The van der Waals surface area contributed by atoms with Crippen LogP contribution in [0.5, 0.6) is 5.75 Å². The van der Waals surface area contributed by atoms with Crippen molar-refractivity contribution in [3.63, 3.8) is 0 Å². The van der Waals surface area contributed by atoms with Gasteiger partial charge in [0.2, 0.25) is 0 Å². The number of amides is 1. The van der Waals surface area contributed by atoms with Crippen LogP contribution in [0, 0.1) is 0 Å². The van der Waals surface area contributed by atoms with Crippen LogP contribution in [-0.4, -0.2) is 17.5 Å². The summed E-state index contributed by atoms with van der Waals surface area (Å²) in [5.41, 5.74) is 1.11. The maximum Gasteiger partial charge on any atom is 0.255 e. The normalized spacial score (nSPS) is 16.0. The van der Waals surface area contributed by atoms with E-state index in [4.69, 9.17) is 4.74 Å². The van der Waals surface area contributed by atoms with Crippen molar-refractivity contribution in [1.82, 2.24) is 10.3 Å². The molecule has 0 atom stereocenters. The Hall–Kier alpha value is -1.88. The van der Waals surface area contributed by atoms with Crippen LogP contribution in [0.2, 0.25) is 0 Å². The summed E-state index contributed by atoms with van der Waals surface area (Å²) in [6.45, 7) is 8.76. The third-order valence-corrected chi connectivity index (χ3v) is 5.06. The molecule has 0 aliphatic carbocycles. The zero-order valence-corrected chi connectivity index (χ0v) is 14.1. The van der Waals surface area contributed by atoms with E-state index in [1.165, 1.54) is 11.3 Å². The van der Waals surface area contributed by atoms with Crippen LogP contribution in [-0.2, 0) is 11.0 Å². The number of ether oxygens (including phenoxy) is 1. The molecule has 1 aliphatic heterocycles. The van der Waals surface area contributed by atoms with E-state index in [-0.39, 0.29) is 11.3 Å².